The van der Waals surface area contributed by atoms with Crippen molar-refractivity contribution in [3.05, 3.63) is 41.3 Å². The zero-order chi connectivity index (χ0) is 15.7. The summed E-state index contributed by atoms with van der Waals surface area (Å²) in [6.45, 7) is 0.332. The van der Waals surface area contributed by atoms with Crippen LogP contribution in [0.25, 0.3) is 6.08 Å². The van der Waals surface area contributed by atoms with E-state index in [1.807, 2.05) is 30.3 Å². The number of benzene rings is 1. The van der Waals surface area contributed by atoms with Crippen molar-refractivity contribution in [3.8, 4) is 0 Å². The molecule has 0 radical (unpaired) electrons. The van der Waals surface area contributed by atoms with Crippen LogP contribution in [0.5, 0.6) is 0 Å². The number of imide groups is 1. The number of sulfonamides is 1. The Balaban J connectivity index is 1.63. The van der Waals surface area contributed by atoms with E-state index in [9.17, 15) is 18.0 Å². The van der Waals surface area contributed by atoms with E-state index in [-0.39, 0.29) is 36.0 Å². The van der Waals surface area contributed by atoms with Crippen LogP contribution < -0.4 is 0 Å². The Kier molecular flexibility index (Phi) is 4.07. The Morgan fingerprint density at radius 2 is 1.82 bits per heavy atom. The van der Waals surface area contributed by atoms with E-state index in [1.54, 1.807) is 0 Å². The van der Waals surface area contributed by atoms with Crippen molar-refractivity contribution in [2.45, 2.75) is 6.04 Å². The molecule has 0 N–H and O–H groups in total. The van der Waals surface area contributed by atoms with Crippen LogP contribution in [0.1, 0.15) is 5.56 Å². The molecule has 3 rings (SSSR count). The van der Waals surface area contributed by atoms with Gasteiger partial charge in [0.15, 0.2) is 0 Å². The monoisotopic (exact) mass is 338 g/mol. The summed E-state index contributed by atoms with van der Waals surface area (Å²) >= 11 is 0.963. The van der Waals surface area contributed by atoms with Crippen molar-refractivity contribution in [2.75, 3.05) is 18.8 Å². The predicted molar refractivity (Wildman–Crippen MR) is 84.5 cm³/mol. The first-order valence-electron chi connectivity index (χ1n) is 6.69. The van der Waals surface area contributed by atoms with Gasteiger partial charge in [-0.3, -0.25) is 14.5 Å². The molecule has 2 amide bonds. The first-order valence-corrected chi connectivity index (χ1v) is 9.18. The molecule has 2 aliphatic heterocycles. The van der Waals surface area contributed by atoms with Gasteiger partial charge in [-0.25, -0.2) is 8.42 Å². The molecule has 2 fully saturated rings. The third kappa shape index (κ3) is 2.94. The number of carbonyl (C=O) groups is 2. The lowest BCUT2D eigenvalue weighted by molar-refractivity contribution is -0.127. The maximum absolute atomic E-state index is 12.2. The third-order valence-corrected chi connectivity index (χ3v) is 5.90. The van der Waals surface area contributed by atoms with Gasteiger partial charge in [0.25, 0.3) is 5.24 Å². The molecule has 2 heterocycles. The number of amides is 2. The Morgan fingerprint density at radius 1 is 1.14 bits per heavy atom. The molecule has 0 aromatic heterocycles. The number of thioether (sulfide) groups is 1. The largest absolute Gasteiger partial charge is 0.289 e. The molecule has 2 aliphatic rings. The standard InChI is InChI=1S/C14H14N2O4S2/c17-13-10-21-14(18)16(13)12-8-15(9-12)22(19,20)7-6-11-4-2-1-3-5-11/h1-7,12H,8-10H2/b7-6+. The van der Waals surface area contributed by atoms with Crippen molar-refractivity contribution < 1.29 is 18.0 Å². The Labute approximate surface area is 132 Å². The number of hydrogen-bond acceptors (Lipinski definition) is 5. The number of rotatable bonds is 4. The van der Waals surface area contributed by atoms with E-state index in [1.165, 1.54) is 15.3 Å². The normalized spacial score (nSPS) is 20.8. The van der Waals surface area contributed by atoms with Gasteiger partial charge in [0.05, 0.1) is 11.8 Å². The summed E-state index contributed by atoms with van der Waals surface area (Å²) in [5.41, 5.74) is 0.796. The van der Waals surface area contributed by atoms with Gasteiger partial charge in [0.2, 0.25) is 15.9 Å². The topological polar surface area (TPSA) is 74.8 Å². The van der Waals surface area contributed by atoms with Crippen molar-refractivity contribution in [2.24, 2.45) is 0 Å². The van der Waals surface area contributed by atoms with Crippen molar-refractivity contribution in [1.82, 2.24) is 9.21 Å². The average molecular weight is 338 g/mol. The minimum atomic E-state index is -3.52. The summed E-state index contributed by atoms with van der Waals surface area (Å²) in [6.07, 6.45) is 1.53. The molecule has 0 aliphatic carbocycles. The summed E-state index contributed by atoms with van der Waals surface area (Å²) in [5, 5.41) is 0.868. The molecule has 6 nitrogen and oxygen atoms in total. The highest BCUT2D eigenvalue weighted by molar-refractivity contribution is 8.14. The van der Waals surface area contributed by atoms with Crippen molar-refractivity contribution in [1.29, 1.82) is 0 Å². The van der Waals surface area contributed by atoms with Gasteiger partial charge in [0, 0.05) is 18.5 Å². The third-order valence-electron chi connectivity index (χ3n) is 3.57. The minimum Gasteiger partial charge on any atom is -0.273 e. The molecule has 0 atom stereocenters. The lowest BCUT2D eigenvalue weighted by Gasteiger charge is -2.40. The van der Waals surface area contributed by atoms with Crippen LogP contribution in [0.4, 0.5) is 4.79 Å². The van der Waals surface area contributed by atoms with Gasteiger partial charge < -0.3 is 0 Å². The molecular formula is C14H14N2O4S2. The predicted octanol–water partition coefficient (Wildman–Crippen LogP) is 1.37. The maximum Gasteiger partial charge on any atom is 0.289 e. The lowest BCUT2D eigenvalue weighted by Crippen LogP contribution is -2.61. The number of carbonyl (C=O) groups excluding carboxylic acids is 2. The molecule has 22 heavy (non-hydrogen) atoms. The van der Waals surface area contributed by atoms with Gasteiger partial charge in [-0.15, -0.1) is 0 Å². The first kappa shape index (κ1) is 15.3. The van der Waals surface area contributed by atoms with E-state index in [0.717, 1.165) is 22.7 Å². The summed E-state index contributed by atoms with van der Waals surface area (Å²) < 4.78 is 25.6. The molecule has 0 saturated carbocycles. The molecule has 8 heteroatoms. The SMILES string of the molecule is O=C1CSC(=O)N1C1CN(S(=O)(=O)/C=C/c2ccccc2)C1. The van der Waals surface area contributed by atoms with Gasteiger partial charge in [-0.2, -0.15) is 4.31 Å². The molecule has 0 bridgehead atoms. The van der Waals surface area contributed by atoms with Crippen LogP contribution in [0.2, 0.25) is 0 Å². The number of hydrogen-bond donors (Lipinski definition) is 0. The highest BCUT2D eigenvalue weighted by Gasteiger charge is 2.44. The quantitative estimate of drug-likeness (QED) is 0.829. The second kappa shape index (κ2) is 5.86. The summed E-state index contributed by atoms with van der Waals surface area (Å²) in [4.78, 5) is 24.3. The van der Waals surface area contributed by atoms with E-state index in [2.05, 4.69) is 0 Å². The Hall–Kier alpha value is -1.64. The fraction of sp³-hybridized carbons (Fsp3) is 0.286. The molecule has 116 valence electrons. The van der Waals surface area contributed by atoms with Crippen LogP contribution in [-0.4, -0.2) is 53.7 Å². The van der Waals surface area contributed by atoms with Crippen LogP contribution in [0.15, 0.2) is 35.7 Å². The summed E-state index contributed by atoms with van der Waals surface area (Å²) in [6, 6.07) is 8.79. The lowest BCUT2D eigenvalue weighted by atomic mass is 10.1. The second-order valence-electron chi connectivity index (χ2n) is 5.05. The fourth-order valence-corrected chi connectivity index (χ4v) is 4.36. The van der Waals surface area contributed by atoms with E-state index in [4.69, 9.17) is 0 Å². The number of nitrogens with zero attached hydrogens (tertiary/aromatic N) is 2. The molecule has 1 aromatic rings. The van der Waals surface area contributed by atoms with Gasteiger partial charge in [-0.05, 0) is 11.6 Å². The van der Waals surface area contributed by atoms with Crippen LogP contribution >= 0.6 is 11.8 Å². The molecule has 0 spiro atoms. The average Bonchev–Trinajstić information content (AvgIpc) is 2.77. The van der Waals surface area contributed by atoms with Gasteiger partial charge >= 0.3 is 0 Å². The van der Waals surface area contributed by atoms with Crippen LogP contribution in [-0.2, 0) is 14.8 Å². The maximum atomic E-state index is 12.2. The van der Waals surface area contributed by atoms with Gasteiger partial charge in [-0.1, -0.05) is 42.1 Å². The van der Waals surface area contributed by atoms with Crippen molar-refractivity contribution in [3.63, 3.8) is 0 Å². The Morgan fingerprint density at radius 3 is 2.41 bits per heavy atom. The van der Waals surface area contributed by atoms with Crippen LogP contribution in [0, 0.1) is 0 Å². The van der Waals surface area contributed by atoms with E-state index < -0.39 is 10.0 Å². The zero-order valence-corrected chi connectivity index (χ0v) is 13.2. The van der Waals surface area contributed by atoms with E-state index >= 15 is 0 Å². The molecule has 2 saturated heterocycles. The highest BCUT2D eigenvalue weighted by Crippen LogP contribution is 2.27. The molecule has 0 unspecified atom stereocenters. The van der Waals surface area contributed by atoms with Crippen LogP contribution in [0.3, 0.4) is 0 Å². The Bertz CT molecular complexity index is 708. The zero-order valence-electron chi connectivity index (χ0n) is 11.6. The second-order valence-corrected chi connectivity index (χ2v) is 7.79. The van der Waals surface area contributed by atoms with Crippen molar-refractivity contribution >= 4 is 39.0 Å². The fourth-order valence-electron chi connectivity index (χ4n) is 2.32. The molecule has 1 aromatic carbocycles. The smallest absolute Gasteiger partial charge is 0.273 e. The van der Waals surface area contributed by atoms with E-state index in [0.29, 0.717) is 0 Å². The first-order chi connectivity index (χ1) is 10.5. The highest BCUT2D eigenvalue weighted by atomic mass is 32.2. The summed E-state index contributed by atoms with van der Waals surface area (Å²) in [5.74, 6) is -0.0902. The molecular weight excluding hydrogens is 324 g/mol. The summed E-state index contributed by atoms with van der Waals surface area (Å²) in [7, 11) is -3.52. The van der Waals surface area contributed by atoms with Gasteiger partial charge in [0.1, 0.15) is 0 Å². The minimum absolute atomic E-state index is 0.149.